The van der Waals surface area contributed by atoms with Crippen molar-refractivity contribution in [3.05, 3.63) is 57.1 Å². The summed E-state index contributed by atoms with van der Waals surface area (Å²) in [5.74, 6) is 0. The van der Waals surface area contributed by atoms with Gasteiger partial charge < -0.3 is 5.32 Å². The third-order valence-electron chi connectivity index (χ3n) is 3.06. The van der Waals surface area contributed by atoms with Crippen LogP contribution in [-0.4, -0.2) is 0 Å². The smallest absolute Gasteiger partial charge is 0.0528 e. The summed E-state index contributed by atoms with van der Waals surface area (Å²) in [5.41, 5.74) is 7.42. The molecule has 2 aromatic carbocycles. The molecular weight excluding hydrogens is 286 g/mol. The Kier molecular flexibility index (Phi) is 3.76. The molecule has 2 heteroatoms. The first kappa shape index (κ1) is 13.2. The zero-order valence-electron chi connectivity index (χ0n) is 11.3. The Morgan fingerprint density at radius 1 is 0.833 bits per heavy atom. The molecule has 0 radical (unpaired) electrons. The molecule has 1 N–H and O–H groups in total. The lowest BCUT2D eigenvalue weighted by Gasteiger charge is -2.15. The van der Waals surface area contributed by atoms with Gasteiger partial charge in [-0.05, 0) is 72.4 Å². The zero-order valence-corrected chi connectivity index (χ0v) is 12.9. The number of aryl methyl sites for hydroxylation is 4. The predicted molar refractivity (Wildman–Crippen MR) is 82.8 cm³/mol. The van der Waals surface area contributed by atoms with E-state index in [2.05, 4.69) is 79.3 Å². The van der Waals surface area contributed by atoms with Crippen LogP contribution in [0.3, 0.4) is 0 Å². The fourth-order valence-corrected chi connectivity index (χ4v) is 2.83. The maximum absolute atomic E-state index is 3.61. The maximum Gasteiger partial charge on any atom is 0.0528 e. The van der Waals surface area contributed by atoms with Crippen molar-refractivity contribution in [3.63, 3.8) is 0 Å². The standard InChI is InChI=1S/C16H18BrN/c1-10-5-6-15(14(17)9-10)18-16-12(3)7-11(2)8-13(16)4/h5-9,18H,1-4H3. The fraction of sp³-hybridized carbons (Fsp3) is 0.250. The Morgan fingerprint density at radius 3 is 2.00 bits per heavy atom. The quantitative estimate of drug-likeness (QED) is 0.780. The third kappa shape index (κ3) is 2.75. The van der Waals surface area contributed by atoms with Crippen LogP contribution in [0.4, 0.5) is 11.4 Å². The summed E-state index contributed by atoms with van der Waals surface area (Å²) in [7, 11) is 0. The summed E-state index contributed by atoms with van der Waals surface area (Å²) >= 11 is 3.61. The van der Waals surface area contributed by atoms with Gasteiger partial charge in [0.15, 0.2) is 0 Å². The average molecular weight is 304 g/mol. The molecule has 0 bridgehead atoms. The van der Waals surface area contributed by atoms with Crippen molar-refractivity contribution in [1.29, 1.82) is 0 Å². The van der Waals surface area contributed by atoms with Gasteiger partial charge in [-0.2, -0.15) is 0 Å². The number of hydrogen-bond acceptors (Lipinski definition) is 1. The van der Waals surface area contributed by atoms with Gasteiger partial charge in [-0.15, -0.1) is 0 Å². The lowest BCUT2D eigenvalue weighted by molar-refractivity contribution is 1.30. The van der Waals surface area contributed by atoms with Crippen molar-refractivity contribution in [3.8, 4) is 0 Å². The number of rotatable bonds is 2. The van der Waals surface area contributed by atoms with E-state index >= 15 is 0 Å². The number of nitrogens with one attached hydrogen (secondary N) is 1. The van der Waals surface area contributed by atoms with Crippen molar-refractivity contribution < 1.29 is 0 Å². The number of hydrogen-bond donors (Lipinski definition) is 1. The number of anilines is 2. The second-order valence-electron chi connectivity index (χ2n) is 4.88. The molecule has 0 atom stereocenters. The Hall–Kier alpha value is -1.28. The van der Waals surface area contributed by atoms with Gasteiger partial charge in [0.25, 0.3) is 0 Å². The molecule has 0 aliphatic heterocycles. The summed E-state index contributed by atoms with van der Waals surface area (Å²) in [4.78, 5) is 0. The molecule has 0 saturated heterocycles. The first-order valence-electron chi connectivity index (χ1n) is 6.08. The summed E-state index contributed by atoms with van der Waals surface area (Å²) in [6, 6.07) is 10.8. The average Bonchev–Trinajstić information content (AvgIpc) is 2.25. The van der Waals surface area contributed by atoms with E-state index < -0.39 is 0 Å². The van der Waals surface area contributed by atoms with Crippen LogP contribution >= 0.6 is 15.9 Å². The van der Waals surface area contributed by atoms with Gasteiger partial charge in [0.05, 0.1) is 5.69 Å². The molecule has 0 saturated carbocycles. The van der Waals surface area contributed by atoms with Gasteiger partial charge in [0.2, 0.25) is 0 Å². The summed E-state index contributed by atoms with van der Waals surface area (Å²) in [6.45, 7) is 8.51. The summed E-state index contributed by atoms with van der Waals surface area (Å²) < 4.78 is 1.10. The molecule has 0 aliphatic carbocycles. The second kappa shape index (κ2) is 5.15. The van der Waals surface area contributed by atoms with Gasteiger partial charge in [0, 0.05) is 10.2 Å². The molecule has 0 aliphatic rings. The SMILES string of the molecule is Cc1cc(C)c(Nc2ccc(C)cc2Br)c(C)c1. The highest BCUT2D eigenvalue weighted by Crippen LogP contribution is 2.30. The van der Waals surface area contributed by atoms with E-state index in [1.807, 2.05) is 0 Å². The monoisotopic (exact) mass is 303 g/mol. The summed E-state index contributed by atoms with van der Waals surface area (Å²) in [5, 5.41) is 3.52. The lowest BCUT2D eigenvalue weighted by Crippen LogP contribution is -1.98. The first-order valence-corrected chi connectivity index (χ1v) is 6.87. The molecule has 0 spiro atoms. The van der Waals surface area contributed by atoms with Crippen molar-refractivity contribution in [2.24, 2.45) is 0 Å². The van der Waals surface area contributed by atoms with E-state index in [4.69, 9.17) is 0 Å². The lowest BCUT2D eigenvalue weighted by atomic mass is 10.0. The molecule has 0 amide bonds. The highest BCUT2D eigenvalue weighted by Gasteiger charge is 2.06. The van der Waals surface area contributed by atoms with Gasteiger partial charge >= 0.3 is 0 Å². The van der Waals surface area contributed by atoms with Crippen molar-refractivity contribution in [2.45, 2.75) is 27.7 Å². The van der Waals surface area contributed by atoms with Crippen LogP contribution in [0.25, 0.3) is 0 Å². The van der Waals surface area contributed by atoms with E-state index in [-0.39, 0.29) is 0 Å². The fourth-order valence-electron chi connectivity index (χ4n) is 2.23. The maximum atomic E-state index is 3.61. The van der Waals surface area contributed by atoms with Crippen LogP contribution in [0.5, 0.6) is 0 Å². The molecule has 0 heterocycles. The largest absolute Gasteiger partial charge is 0.354 e. The molecule has 94 valence electrons. The second-order valence-corrected chi connectivity index (χ2v) is 5.74. The van der Waals surface area contributed by atoms with Crippen LogP contribution in [0.1, 0.15) is 22.3 Å². The van der Waals surface area contributed by atoms with E-state index in [0.29, 0.717) is 0 Å². The minimum absolute atomic E-state index is 1.10. The minimum atomic E-state index is 1.10. The van der Waals surface area contributed by atoms with Crippen LogP contribution < -0.4 is 5.32 Å². The Bertz CT molecular complexity index is 565. The summed E-state index contributed by atoms with van der Waals surface area (Å²) in [6.07, 6.45) is 0. The first-order chi connectivity index (χ1) is 8.47. The third-order valence-corrected chi connectivity index (χ3v) is 3.72. The van der Waals surface area contributed by atoms with Crippen molar-refractivity contribution in [1.82, 2.24) is 0 Å². The number of benzene rings is 2. The van der Waals surface area contributed by atoms with Crippen molar-refractivity contribution in [2.75, 3.05) is 5.32 Å². The normalized spacial score (nSPS) is 10.5. The molecule has 0 unspecified atom stereocenters. The molecule has 18 heavy (non-hydrogen) atoms. The van der Waals surface area contributed by atoms with Crippen LogP contribution in [-0.2, 0) is 0 Å². The number of halogens is 1. The van der Waals surface area contributed by atoms with Crippen molar-refractivity contribution >= 4 is 27.3 Å². The predicted octanol–water partition coefficient (Wildman–Crippen LogP) is 5.43. The van der Waals surface area contributed by atoms with Crippen LogP contribution in [0.2, 0.25) is 0 Å². The van der Waals surface area contributed by atoms with Gasteiger partial charge in [0.1, 0.15) is 0 Å². The van der Waals surface area contributed by atoms with E-state index in [1.54, 1.807) is 0 Å². The Morgan fingerprint density at radius 2 is 1.44 bits per heavy atom. The van der Waals surface area contributed by atoms with Crippen LogP contribution in [0.15, 0.2) is 34.8 Å². The van der Waals surface area contributed by atoms with Gasteiger partial charge in [-0.25, -0.2) is 0 Å². The molecule has 0 fully saturated rings. The molecular formula is C16H18BrN. The Balaban J connectivity index is 2.40. The highest BCUT2D eigenvalue weighted by molar-refractivity contribution is 9.10. The molecule has 1 nitrogen and oxygen atoms in total. The topological polar surface area (TPSA) is 12.0 Å². The minimum Gasteiger partial charge on any atom is -0.354 e. The zero-order chi connectivity index (χ0) is 13.3. The molecule has 2 rings (SSSR count). The highest BCUT2D eigenvalue weighted by atomic mass is 79.9. The van der Waals surface area contributed by atoms with Gasteiger partial charge in [-0.3, -0.25) is 0 Å². The van der Waals surface area contributed by atoms with E-state index in [9.17, 15) is 0 Å². The van der Waals surface area contributed by atoms with Gasteiger partial charge in [-0.1, -0.05) is 23.8 Å². The van der Waals surface area contributed by atoms with E-state index in [1.165, 1.54) is 27.9 Å². The molecule has 2 aromatic rings. The van der Waals surface area contributed by atoms with E-state index in [0.717, 1.165) is 10.2 Å². The van der Waals surface area contributed by atoms with Crippen LogP contribution in [0, 0.1) is 27.7 Å². The molecule has 0 aromatic heterocycles. The Labute approximate surface area is 117 Å².